The van der Waals surface area contributed by atoms with Gasteiger partial charge >= 0.3 is 0 Å². The van der Waals surface area contributed by atoms with Crippen molar-refractivity contribution < 1.29 is 0 Å². The van der Waals surface area contributed by atoms with Gasteiger partial charge in [-0.05, 0) is 154 Å². The third-order valence-electron chi connectivity index (χ3n) is 13.0. The molecule has 1 aromatic heterocycles. The van der Waals surface area contributed by atoms with Gasteiger partial charge in [-0.2, -0.15) is 0 Å². The van der Waals surface area contributed by atoms with E-state index in [1.54, 1.807) is 0 Å². The monoisotopic (exact) mass is 740 g/mol. The van der Waals surface area contributed by atoms with Crippen molar-refractivity contribution >= 4 is 78.0 Å². The first-order valence-corrected chi connectivity index (χ1v) is 22.1. The highest BCUT2D eigenvalue weighted by Crippen LogP contribution is 2.53. The Morgan fingerprint density at radius 2 is 1.16 bits per heavy atom. The molecule has 0 saturated heterocycles. The van der Waals surface area contributed by atoms with Crippen molar-refractivity contribution in [3.63, 3.8) is 0 Å². The first-order valence-electron chi connectivity index (χ1n) is 21.3. The Hall–Kier alpha value is -4.28. The van der Waals surface area contributed by atoms with Crippen molar-refractivity contribution in [3.05, 3.63) is 125 Å². The van der Waals surface area contributed by atoms with Crippen LogP contribution in [0.4, 0.5) is 33.4 Å². The summed E-state index contributed by atoms with van der Waals surface area (Å²) in [5.74, 6) is 0. The van der Waals surface area contributed by atoms with E-state index in [1.807, 2.05) is 11.3 Å². The topological polar surface area (TPSA) is 6.48 Å². The van der Waals surface area contributed by atoms with Crippen LogP contribution in [0.2, 0.25) is 0 Å². The van der Waals surface area contributed by atoms with Crippen LogP contribution in [0.5, 0.6) is 0 Å². The molecule has 55 heavy (non-hydrogen) atoms. The fraction of sp³-hybridized carbons (Fsp3) is 0.373. The van der Waals surface area contributed by atoms with E-state index in [2.05, 4.69) is 155 Å². The van der Waals surface area contributed by atoms with Crippen molar-refractivity contribution in [1.82, 2.24) is 0 Å². The number of rotatable bonds is 11. The van der Waals surface area contributed by atoms with Crippen molar-refractivity contribution in [2.24, 2.45) is 0 Å². The second kappa shape index (κ2) is 14.0. The lowest BCUT2D eigenvalue weighted by atomic mass is 9.33. The number of fused-ring (bicyclic) bond motifs is 7. The van der Waals surface area contributed by atoms with Crippen LogP contribution >= 0.6 is 11.3 Å². The summed E-state index contributed by atoms with van der Waals surface area (Å²) in [6.07, 6.45) is 11.8. The largest absolute Gasteiger partial charge is 0.311 e. The lowest BCUT2D eigenvalue weighted by Crippen LogP contribution is -2.61. The summed E-state index contributed by atoms with van der Waals surface area (Å²) in [5.41, 5.74) is 18.5. The molecular formula is C51H57BN2S. The quantitative estimate of drug-likeness (QED) is 0.122. The van der Waals surface area contributed by atoms with Gasteiger partial charge < -0.3 is 9.80 Å². The van der Waals surface area contributed by atoms with Gasteiger partial charge in [0, 0.05) is 33.1 Å². The predicted molar refractivity (Wildman–Crippen MR) is 242 cm³/mol. The van der Waals surface area contributed by atoms with Crippen LogP contribution in [0, 0.1) is 0 Å². The normalized spacial score (nSPS) is 15.9. The number of aryl methyl sites for hydroxylation is 3. The van der Waals surface area contributed by atoms with Crippen molar-refractivity contribution in [3.8, 4) is 0 Å². The maximum Gasteiger partial charge on any atom is 0.254 e. The molecule has 0 atom stereocenters. The number of nitrogens with zero attached hydrogens (tertiary/aromatic N) is 2. The lowest BCUT2D eigenvalue weighted by Gasteiger charge is -2.43. The van der Waals surface area contributed by atoms with E-state index in [4.69, 9.17) is 0 Å². The summed E-state index contributed by atoms with van der Waals surface area (Å²) in [7, 11) is 0. The number of hydrogen-bond acceptors (Lipinski definition) is 3. The van der Waals surface area contributed by atoms with Gasteiger partial charge in [0.2, 0.25) is 0 Å². The van der Waals surface area contributed by atoms with Gasteiger partial charge in [0.15, 0.2) is 0 Å². The number of anilines is 6. The molecule has 4 heteroatoms. The Labute approximate surface area is 334 Å². The molecule has 0 N–H and O–H groups in total. The van der Waals surface area contributed by atoms with E-state index in [1.165, 1.54) is 133 Å². The van der Waals surface area contributed by atoms with Crippen molar-refractivity contribution in [1.29, 1.82) is 0 Å². The Morgan fingerprint density at radius 1 is 0.564 bits per heavy atom. The SMILES string of the molecule is CCCCc1ccc(N2c3ccc(CCCC)cc3B3c4c2cccc4N(c2ccc4c(c2)C(C)(C)CC4(C)C)c2sc4ccc(CCCC)cc4c23)cc1. The number of benzene rings is 5. The standard InChI is InChI=1S/C51H57BN2S/c1-8-11-15-34-20-24-37(25-21-34)53-43-28-22-36(17-13-10-3)31-42(43)52-47-39-30-35(16-12-9-2)23-29-46(39)55-49(47)54(45-19-14-18-44(53)48(45)52)38-26-27-40-41(32-38)51(6,7)33-50(40,4)5/h14,18-32H,8-13,15-17,33H2,1-7H3. The van der Waals surface area contributed by atoms with E-state index in [0.717, 1.165) is 19.3 Å². The summed E-state index contributed by atoms with van der Waals surface area (Å²) in [6.45, 7) is 16.8. The van der Waals surface area contributed by atoms with Crippen LogP contribution in [0.25, 0.3) is 10.1 Å². The third-order valence-corrected chi connectivity index (χ3v) is 14.2. The number of unbranched alkanes of at least 4 members (excludes halogenated alkanes) is 3. The van der Waals surface area contributed by atoms with Crippen LogP contribution in [0.1, 0.15) is 121 Å². The minimum atomic E-state index is 0.119. The molecule has 3 heterocycles. The molecule has 0 amide bonds. The van der Waals surface area contributed by atoms with E-state index < -0.39 is 0 Å². The lowest BCUT2D eigenvalue weighted by molar-refractivity contribution is 0.403. The summed E-state index contributed by atoms with van der Waals surface area (Å²) in [5, 5.41) is 2.82. The van der Waals surface area contributed by atoms with Crippen LogP contribution in [0.15, 0.2) is 97.1 Å². The zero-order chi connectivity index (χ0) is 38.1. The van der Waals surface area contributed by atoms with E-state index >= 15 is 0 Å². The molecule has 1 aliphatic carbocycles. The van der Waals surface area contributed by atoms with Gasteiger partial charge in [-0.1, -0.05) is 116 Å². The second-order valence-corrected chi connectivity index (χ2v) is 19.0. The number of hydrogen-bond donors (Lipinski definition) is 0. The first kappa shape index (κ1) is 36.4. The highest BCUT2D eigenvalue weighted by atomic mass is 32.1. The fourth-order valence-corrected chi connectivity index (χ4v) is 11.7. The molecule has 9 rings (SSSR count). The third kappa shape index (κ3) is 6.06. The van der Waals surface area contributed by atoms with Gasteiger partial charge in [-0.25, -0.2) is 0 Å². The van der Waals surface area contributed by atoms with Gasteiger partial charge in [0.05, 0.1) is 5.00 Å². The number of thiophene rings is 1. The van der Waals surface area contributed by atoms with Gasteiger partial charge in [-0.3, -0.25) is 0 Å². The highest BCUT2D eigenvalue weighted by Gasteiger charge is 2.46. The van der Waals surface area contributed by atoms with Gasteiger partial charge in [0.25, 0.3) is 6.71 Å². The van der Waals surface area contributed by atoms with E-state index in [0.29, 0.717) is 0 Å². The smallest absolute Gasteiger partial charge is 0.254 e. The van der Waals surface area contributed by atoms with Crippen LogP contribution in [-0.2, 0) is 30.1 Å². The Balaban J connectivity index is 1.32. The zero-order valence-electron chi connectivity index (χ0n) is 34.2. The minimum absolute atomic E-state index is 0.119. The van der Waals surface area contributed by atoms with Crippen molar-refractivity contribution in [2.45, 2.75) is 124 Å². The van der Waals surface area contributed by atoms with Gasteiger partial charge in [0.1, 0.15) is 0 Å². The molecule has 3 aliphatic rings. The van der Waals surface area contributed by atoms with E-state index in [9.17, 15) is 0 Å². The molecule has 0 radical (unpaired) electrons. The fourth-order valence-electron chi connectivity index (χ4n) is 10.5. The molecule has 0 saturated carbocycles. The maximum absolute atomic E-state index is 2.65. The van der Waals surface area contributed by atoms with Crippen LogP contribution < -0.4 is 26.2 Å². The molecule has 2 nitrogen and oxygen atoms in total. The minimum Gasteiger partial charge on any atom is -0.311 e. The Kier molecular flexibility index (Phi) is 9.28. The molecule has 0 bridgehead atoms. The zero-order valence-corrected chi connectivity index (χ0v) is 35.0. The molecule has 0 fully saturated rings. The Morgan fingerprint density at radius 3 is 1.87 bits per heavy atom. The predicted octanol–water partition coefficient (Wildman–Crippen LogP) is 13.0. The van der Waals surface area contributed by atoms with Crippen molar-refractivity contribution in [2.75, 3.05) is 9.80 Å². The van der Waals surface area contributed by atoms with Crippen LogP contribution in [-0.4, -0.2) is 6.71 Å². The Bertz CT molecular complexity index is 2400. The summed E-state index contributed by atoms with van der Waals surface area (Å²) >= 11 is 1.99. The van der Waals surface area contributed by atoms with Crippen LogP contribution in [0.3, 0.4) is 0 Å². The van der Waals surface area contributed by atoms with Gasteiger partial charge in [-0.15, -0.1) is 11.3 Å². The maximum atomic E-state index is 2.65. The average Bonchev–Trinajstić information content (AvgIpc) is 3.64. The molecule has 280 valence electrons. The first-order chi connectivity index (χ1) is 26.6. The summed E-state index contributed by atoms with van der Waals surface area (Å²) in [6, 6.07) is 38.8. The summed E-state index contributed by atoms with van der Waals surface area (Å²) in [4.78, 5) is 5.23. The molecular weight excluding hydrogens is 683 g/mol. The molecule has 0 unspecified atom stereocenters. The molecule has 2 aliphatic heterocycles. The molecule has 0 spiro atoms. The highest BCUT2D eigenvalue weighted by molar-refractivity contribution is 7.26. The molecule has 6 aromatic rings. The second-order valence-electron chi connectivity index (χ2n) is 18.0. The average molecular weight is 741 g/mol. The van der Waals surface area contributed by atoms with E-state index in [-0.39, 0.29) is 17.5 Å². The summed E-state index contributed by atoms with van der Waals surface area (Å²) < 4.78 is 1.39. The molecule has 5 aromatic carbocycles.